The Morgan fingerprint density at radius 3 is 2.22 bits per heavy atom. The van der Waals surface area contributed by atoms with Gasteiger partial charge in [0.25, 0.3) is 5.91 Å². The summed E-state index contributed by atoms with van der Waals surface area (Å²) in [4.78, 5) is 26.5. The van der Waals surface area contributed by atoms with Gasteiger partial charge in [0.15, 0.2) is 5.01 Å². The lowest BCUT2D eigenvalue weighted by Gasteiger charge is -2.18. The van der Waals surface area contributed by atoms with E-state index in [0.29, 0.717) is 4.90 Å². The lowest BCUT2D eigenvalue weighted by molar-refractivity contribution is -0.187. The maximum absolute atomic E-state index is 12.8. The van der Waals surface area contributed by atoms with E-state index in [0.717, 1.165) is 5.38 Å². The number of carboxylic acids is 1. The normalized spacial score (nSPS) is 22.4. The molecule has 5 nitrogen and oxygen atoms in total. The number of thiazole rings is 1. The first kappa shape index (κ1) is 17.5. The molecule has 128 valence electrons. The molecule has 1 fully saturated rings. The van der Waals surface area contributed by atoms with Gasteiger partial charge >= 0.3 is 18.3 Å². The van der Waals surface area contributed by atoms with E-state index in [9.17, 15) is 35.9 Å². The van der Waals surface area contributed by atoms with Crippen LogP contribution >= 0.6 is 11.3 Å². The Bertz CT molecular complexity index is 626. The second kappa shape index (κ2) is 5.65. The minimum atomic E-state index is -4.84. The molecule has 0 aliphatic carbocycles. The molecule has 0 unspecified atom stereocenters. The smallest absolute Gasteiger partial charge is 0.443 e. The second-order valence-electron chi connectivity index (χ2n) is 4.84. The van der Waals surface area contributed by atoms with Gasteiger partial charge in [0.1, 0.15) is 5.69 Å². The van der Waals surface area contributed by atoms with Crippen LogP contribution in [0, 0.1) is 11.8 Å². The Morgan fingerprint density at radius 1 is 1.22 bits per heavy atom. The molecule has 2 rings (SSSR count). The van der Waals surface area contributed by atoms with Crippen molar-refractivity contribution >= 4 is 23.2 Å². The molecule has 0 saturated carbocycles. The number of alkyl halides is 6. The summed E-state index contributed by atoms with van der Waals surface area (Å²) in [5.74, 6) is -7.02. The molecule has 1 aliphatic rings. The van der Waals surface area contributed by atoms with Crippen molar-refractivity contribution in [2.75, 3.05) is 13.1 Å². The lowest BCUT2D eigenvalue weighted by Crippen LogP contribution is -2.34. The van der Waals surface area contributed by atoms with Gasteiger partial charge in [0, 0.05) is 18.5 Å². The highest BCUT2D eigenvalue weighted by atomic mass is 32.1. The third-order valence-electron chi connectivity index (χ3n) is 3.31. The van der Waals surface area contributed by atoms with Crippen molar-refractivity contribution in [3.63, 3.8) is 0 Å². The van der Waals surface area contributed by atoms with Crippen LogP contribution < -0.4 is 0 Å². The number of hydrogen-bond acceptors (Lipinski definition) is 4. The summed E-state index contributed by atoms with van der Waals surface area (Å²) in [5.41, 5.74) is -0.658. The van der Waals surface area contributed by atoms with Crippen LogP contribution in [0.15, 0.2) is 5.38 Å². The monoisotopic (exact) mass is 362 g/mol. The summed E-state index contributed by atoms with van der Waals surface area (Å²) in [7, 11) is 0. The average Bonchev–Trinajstić information content (AvgIpc) is 3.04. The summed E-state index contributed by atoms with van der Waals surface area (Å²) in [5, 5.41) is 8.30. The molecule has 1 N–H and O–H groups in total. The van der Waals surface area contributed by atoms with Crippen molar-refractivity contribution in [3.8, 4) is 0 Å². The number of rotatable bonds is 2. The average molecular weight is 362 g/mol. The Kier molecular flexibility index (Phi) is 4.30. The first-order valence-electron chi connectivity index (χ1n) is 6.02. The molecule has 1 amide bonds. The molecule has 1 saturated heterocycles. The van der Waals surface area contributed by atoms with Crippen molar-refractivity contribution in [3.05, 3.63) is 16.1 Å². The van der Waals surface area contributed by atoms with E-state index < -0.39 is 59.9 Å². The molecule has 23 heavy (non-hydrogen) atoms. The van der Waals surface area contributed by atoms with Gasteiger partial charge in [-0.25, -0.2) is 4.98 Å². The Morgan fingerprint density at radius 2 is 1.83 bits per heavy atom. The predicted molar refractivity (Wildman–Crippen MR) is 63.7 cm³/mol. The molecule has 0 spiro atoms. The Balaban J connectivity index is 2.21. The van der Waals surface area contributed by atoms with E-state index >= 15 is 0 Å². The molecule has 12 heteroatoms. The number of aliphatic carboxylic acids is 1. The van der Waals surface area contributed by atoms with Crippen LogP contribution in [0.1, 0.15) is 15.5 Å². The highest BCUT2D eigenvalue weighted by molar-refractivity contribution is 7.09. The summed E-state index contributed by atoms with van der Waals surface area (Å²) in [6.07, 6.45) is -9.61. The molecule has 1 aromatic rings. The number of hydrogen-bond donors (Lipinski definition) is 1. The number of halogens is 6. The first-order valence-corrected chi connectivity index (χ1v) is 6.90. The van der Waals surface area contributed by atoms with Crippen LogP contribution in [0.4, 0.5) is 26.3 Å². The molecule has 1 aromatic heterocycles. The van der Waals surface area contributed by atoms with Gasteiger partial charge in [-0.15, -0.1) is 11.3 Å². The Hall–Kier alpha value is -1.85. The fraction of sp³-hybridized carbons (Fsp3) is 0.545. The summed E-state index contributed by atoms with van der Waals surface area (Å²) < 4.78 is 75.7. The Labute approximate surface area is 128 Å². The molecule has 2 heterocycles. The third-order valence-corrected chi connectivity index (χ3v) is 4.20. The van der Waals surface area contributed by atoms with E-state index in [4.69, 9.17) is 5.11 Å². The van der Waals surface area contributed by atoms with Crippen molar-refractivity contribution in [1.29, 1.82) is 0 Å². The SMILES string of the molecule is O=C(O)[C@@H]1CN(C(=O)c2csc(C(F)(F)F)n2)C[C@H]1C(F)(F)F. The molecule has 2 atom stereocenters. The van der Waals surface area contributed by atoms with Gasteiger partial charge in [0.05, 0.1) is 11.8 Å². The number of likely N-dealkylation sites (tertiary alicyclic amines) is 1. The van der Waals surface area contributed by atoms with Crippen molar-refractivity contribution < 1.29 is 41.0 Å². The zero-order valence-electron chi connectivity index (χ0n) is 11.0. The number of nitrogens with zero attached hydrogens (tertiary/aromatic N) is 2. The maximum atomic E-state index is 12.8. The van der Waals surface area contributed by atoms with E-state index in [2.05, 4.69) is 4.98 Å². The summed E-state index contributed by atoms with van der Waals surface area (Å²) in [6.45, 7) is -1.67. The quantitative estimate of drug-likeness (QED) is 0.821. The number of carbonyl (C=O) groups excluding carboxylic acids is 1. The minimum Gasteiger partial charge on any atom is -0.481 e. The molecule has 0 bridgehead atoms. The van der Waals surface area contributed by atoms with E-state index in [1.165, 1.54) is 0 Å². The molecule has 1 aliphatic heterocycles. The molecule has 0 radical (unpaired) electrons. The van der Waals surface area contributed by atoms with Gasteiger partial charge in [-0.1, -0.05) is 0 Å². The van der Waals surface area contributed by atoms with E-state index in [-0.39, 0.29) is 11.3 Å². The van der Waals surface area contributed by atoms with E-state index in [1.54, 1.807) is 0 Å². The summed E-state index contributed by atoms with van der Waals surface area (Å²) in [6, 6.07) is 0. The minimum absolute atomic E-state index is 0.135. The highest BCUT2D eigenvalue weighted by Gasteiger charge is 2.53. The van der Waals surface area contributed by atoms with Gasteiger partial charge < -0.3 is 10.0 Å². The molecule has 0 aromatic carbocycles. The fourth-order valence-corrected chi connectivity index (χ4v) is 2.88. The van der Waals surface area contributed by atoms with E-state index in [1.807, 2.05) is 0 Å². The topological polar surface area (TPSA) is 70.5 Å². The van der Waals surface area contributed by atoms with Gasteiger partial charge in [-0.3, -0.25) is 9.59 Å². The number of amides is 1. The zero-order valence-corrected chi connectivity index (χ0v) is 11.8. The lowest BCUT2D eigenvalue weighted by atomic mass is 9.96. The molecular weight excluding hydrogens is 354 g/mol. The zero-order chi connectivity index (χ0) is 17.6. The van der Waals surface area contributed by atoms with Crippen LogP contribution in [-0.2, 0) is 11.0 Å². The largest absolute Gasteiger partial charge is 0.481 e. The van der Waals surface area contributed by atoms with Gasteiger partial charge in [0.2, 0.25) is 0 Å². The summed E-state index contributed by atoms with van der Waals surface area (Å²) >= 11 is 0.135. The van der Waals surface area contributed by atoms with Gasteiger partial charge in [-0.2, -0.15) is 26.3 Å². The first-order chi connectivity index (χ1) is 10.4. The van der Waals surface area contributed by atoms with Crippen LogP contribution in [0.25, 0.3) is 0 Å². The second-order valence-corrected chi connectivity index (χ2v) is 5.70. The van der Waals surface area contributed by atoms with Crippen LogP contribution in [-0.4, -0.2) is 46.1 Å². The predicted octanol–water partition coefficient (Wildman–Crippen LogP) is 2.50. The number of carboxylic acid groups (broad SMARTS) is 1. The van der Waals surface area contributed by atoms with Crippen molar-refractivity contribution in [1.82, 2.24) is 9.88 Å². The molecular formula is C11H8F6N2O3S. The number of aromatic nitrogens is 1. The fourth-order valence-electron chi connectivity index (χ4n) is 2.22. The highest BCUT2D eigenvalue weighted by Crippen LogP contribution is 2.38. The standard InChI is InChI=1S/C11H8F6N2O3S/c12-10(13,14)5-2-19(1-4(5)8(21)22)7(20)6-3-23-9(18-6)11(15,16)17/h3-5H,1-2H2,(H,21,22)/t4-,5-/m1/s1. The van der Waals surface area contributed by atoms with Crippen LogP contribution in [0.3, 0.4) is 0 Å². The van der Waals surface area contributed by atoms with Crippen molar-refractivity contribution in [2.24, 2.45) is 11.8 Å². The van der Waals surface area contributed by atoms with Crippen LogP contribution in [0.2, 0.25) is 0 Å². The maximum Gasteiger partial charge on any atom is 0.443 e. The number of carbonyl (C=O) groups is 2. The third kappa shape index (κ3) is 3.57. The van der Waals surface area contributed by atoms with Gasteiger partial charge in [-0.05, 0) is 0 Å². The van der Waals surface area contributed by atoms with Crippen LogP contribution in [0.5, 0.6) is 0 Å². The van der Waals surface area contributed by atoms with Crippen molar-refractivity contribution in [2.45, 2.75) is 12.4 Å².